The highest BCUT2D eigenvalue weighted by Gasteiger charge is 2.30. The van der Waals surface area contributed by atoms with E-state index in [1.54, 1.807) is 0 Å². The van der Waals surface area contributed by atoms with Gasteiger partial charge in [-0.25, -0.2) is 8.42 Å². The number of sulfone groups is 1. The summed E-state index contributed by atoms with van der Waals surface area (Å²) >= 11 is 0.933. The van der Waals surface area contributed by atoms with Crippen LogP contribution in [0.15, 0.2) is 4.21 Å². The van der Waals surface area contributed by atoms with Crippen molar-refractivity contribution in [3.63, 3.8) is 0 Å². The molecule has 0 spiro atoms. The van der Waals surface area contributed by atoms with Crippen LogP contribution in [0, 0.1) is 5.92 Å². The molecule has 0 atom stereocenters. The van der Waals surface area contributed by atoms with Crippen LogP contribution in [-0.2, 0) is 14.6 Å². The third-order valence-electron chi connectivity index (χ3n) is 3.51. The first-order chi connectivity index (χ1) is 9.30. The van der Waals surface area contributed by atoms with Gasteiger partial charge in [0.1, 0.15) is 0 Å². The SMILES string of the molecule is CC(C)C(=O)N1CCC(c2nnsc2S(C)(=O)=O)CC1. The van der Waals surface area contributed by atoms with Gasteiger partial charge in [0, 0.05) is 42.7 Å². The fourth-order valence-corrected chi connectivity index (χ4v) is 4.17. The van der Waals surface area contributed by atoms with E-state index < -0.39 is 9.84 Å². The molecule has 112 valence electrons. The number of piperidine rings is 1. The Hall–Kier alpha value is -1.02. The molecule has 1 aromatic rings. The molecule has 0 aliphatic carbocycles. The zero-order chi connectivity index (χ0) is 14.9. The number of hydrogen-bond acceptors (Lipinski definition) is 6. The number of aromatic nitrogens is 2. The van der Waals surface area contributed by atoms with E-state index in [0.717, 1.165) is 24.4 Å². The standard InChI is InChI=1S/C12H19N3O3S2/c1-8(2)11(16)15-6-4-9(5-7-15)10-12(19-14-13-10)20(3,17)18/h8-9H,4-7H2,1-3H3. The summed E-state index contributed by atoms with van der Waals surface area (Å²) in [6.45, 7) is 5.09. The highest BCUT2D eigenvalue weighted by atomic mass is 32.2. The molecule has 8 heteroatoms. The average molecular weight is 317 g/mol. The molecule has 1 fully saturated rings. The van der Waals surface area contributed by atoms with Crippen molar-refractivity contribution in [2.24, 2.45) is 5.92 Å². The van der Waals surface area contributed by atoms with Crippen LogP contribution in [0.4, 0.5) is 0 Å². The highest BCUT2D eigenvalue weighted by molar-refractivity contribution is 7.92. The number of carbonyl (C=O) groups excluding carboxylic acids is 1. The van der Waals surface area contributed by atoms with Gasteiger partial charge in [0.2, 0.25) is 5.91 Å². The van der Waals surface area contributed by atoms with Crippen molar-refractivity contribution in [1.29, 1.82) is 0 Å². The Morgan fingerprint density at radius 2 is 1.95 bits per heavy atom. The first-order valence-electron chi connectivity index (χ1n) is 6.61. The predicted octanol–water partition coefficient (Wildman–Crippen LogP) is 1.30. The number of hydrogen-bond donors (Lipinski definition) is 0. The van der Waals surface area contributed by atoms with Gasteiger partial charge in [-0.1, -0.05) is 18.3 Å². The van der Waals surface area contributed by atoms with E-state index in [9.17, 15) is 13.2 Å². The average Bonchev–Trinajstić information content (AvgIpc) is 2.87. The lowest BCUT2D eigenvalue weighted by molar-refractivity contribution is -0.135. The van der Waals surface area contributed by atoms with E-state index in [4.69, 9.17) is 0 Å². The molecular weight excluding hydrogens is 298 g/mol. The van der Waals surface area contributed by atoms with Crippen molar-refractivity contribution in [2.75, 3.05) is 19.3 Å². The van der Waals surface area contributed by atoms with Crippen molar-refractivity contribution >= 4 is 27.3 Å². The Bertz CT molecular complexity index is 587. The third kappa shape index (κ3) is 3.17. The van der Waals surface area contributed by atoms with Gasteiger partial charge in [0.15, 0.2) is 14.0 Å². The lowest BCUT2D eigenvalue weighted by atomic mass is 9.93. The lowest BCUT2D eigenvalue weighted by Crippen LogP contribution is -2.40. The fourth-order valence-electron chi connectivity index (χ4n) is 2.43. The van der Waals surface area contributed by atoms with Crippen molar-refractivity contribution in [3.8, 4) is 0 Å². The zero-order valence-electron chi connectivity index (χ0n) is 11.9. The minimum absolute atomic E-state index is 0.000861. The van der Waals surface area contributed by atoms with Gasteiger partial charge in [-0.2, -0.15) is 0 Å². The molecule has 2 rings (SSSR count). The second-order valence-electron chi connectivity index (χ2n) is 5.47. The zero-order valence-corrected chi connectivity index (χ0v) is 13.5. The molecule has 1 aromatic heterocycles. The van der Waals surface area contributed by atoms with Crippen molar-refractivity contribution in [1.82, 2.24) is 14.5 Å². The number of carbonyl (C=O) groups is 1. The normalized spacial score (nSPS) is 17.7. The van der Waals surface area contributed by atoms with Crippen molar-refractivity contribution < 1.29 is 13.2 Å². The van der Waals surface area contributed by atoms with Crippen LogP contribution in [-0.4, -0.2) is 48.2 Å². The lowest BCUT2D eigenvalue weighted by Gasteiger charge is -2.32. The molecule has 0 unspecified atom stereocenters. The Balaban J connectivity index is 2.09. The summed E-state index contributed by atoms with van der Waals surface area (Å²) in [4.78, 5) is 13.8. The Kier molecular flexibility index (Phi) is 4.43. The maximum absolute atomic E-state index is 11.9. The van der Waals surface area contributed by atoms with Gasteiger partial charge >= 0.3 is 0 Å². The topological polar surface area (TPSA) is 80.2 Å². The number of amides is 1. The summed E-state index contributed by atoms with van der Waals surface area (Å²) in [6, 6.07) is 0. The minimum Gasteiger partial charge on any atom is -0.342 e. The summed E-state index contributed by atoms with van der Waals surface area (Å²) in [6.07, 6.45) is 2.67. The van der Waals surface area contributed by atoms with Gasteiger partial charge in [0.25, 0.3) is 0 Å². The van der Waals surface area contributed by atoms with Crippen LogP contribution in [0.25, 0.3) is 0 Å². The first kappa shape index (κ1) is 15.4. The second-order valence-corrected chi connectivity index (χ2v) is 8.44. The molecule has 0 bridgehead atoms. The van der Waals surface area contributed by atoms with Gasteiger partial charge in [-0.3, -0.25) is 4.79 Å². The molecule has 2 heterocycles. The van der Waals surface area contributed by atoms with Crippen LogP contribution in [0.1, 0.15) is 38.3 Å². The van der Waals surface area contributed by atoms with Gasteiger partial charge in [-0.05, 0) is 12.8 Å². The highest BCUT2D eigenvalue weighted by Crippen LogP contribution is 2.32. The number of likely N-dealkylation sites (tertiary alicyclic amines) is 1. The van der Waals surface area contributed by atoms with E-state index in [2.05, 4.69) is 9.59 Å². The Labute approximate surface area is 123 Å². The van der Waals surface area contributed by atoms with E-state index in [0.29, 0.717) is 18.8 Å². The molecule has 1 aliphatic rings. The van der Waals surface area contributed by atoms with Crippen LogP contribution < -0.4 is 0 Å². The van der Waals surface area contributed by atoms with Crippen LogP contribution in [0.3, 0.4) is 0 Å². The first-order valence-corrected chi connectivity index (χ1v) is 9.28. The van der Waals surface area contributed by atoms with Gasteiger partial charge in [0.05, 0.1) is 5.69 Å². The minimum atomic E-state index is -3.27. The molecular formula is C12H19N3O3S2. The van der Waals surface area contributed by atoms with Gasteiger partial charge < -0.3 is 4.90 Å². The van der Waals surface area contributed by atoms with E-state index in [1.807, 2.05) is 18.7 Å². The maximum Gasteiger partial charge on any atom is 0.225 e. The monoisotopic (exact) mass is 317 g/mol. The summed E-state index contributed by atoms with van der Waals surface area (Å²) in [7, 11) is -3.27. The van der Waals surface area contributed by atoms with Crippen LogP contribution in [0.2, 0.25) is 0 Å². The van der Waals surface area contributed by atoms with Crippen molar-refractivity contribution in [2.45, 2.75) is 36.8 Å². The molecule has 0 aromatic carbocycles. The van der Waals surface area contributed by atoms with Gasteiger partial charge in [-0.15, -0.1) is 5.10 Å². The molecule has 20 heavy (non-hydrogen) atoms. The molecule has 0 radical (unpaired) electrons. The Morgan fingerprint density at radius 3 is 2.45 bits per heavy atom. The molecule has 6 nitrogen and oxygen atoms in total. The van der Waals surface area contributed by atoms with E-state index in [1.165, 1.54) is 6.26 Å². The van der Waals surface area contributed by atoms with Crippen LogP contribution >= 0.6 is 11.5 Å². The summed E-state index contributed by atoms with van der Waals surface area (Å²) in [5.41, 5.74) is 0.578. The van der Waals surface area contributed by atoms with E-state index >= 15 is 0 Å². The fraction of sp³-hybridized carbons (Fsp3) is 0.750. The summed E-state index contributed by atoms with van der Waals surface area (Å²) in [5, 5.41) is 4.00. The number of rotatable bonds is 3. The molecule has 0 N–H and O–H groups in total. The molecule has 1 amide bonds. The quantitative estimate of drug-likeness (QED) is 0.839. The molecule has 1 aliphatic heterocycles. The second kappa shape index (κ2) is 5.77. The smallest absolute Gasteiger partial charge is 0.225 e. The predicted molar refractivity (Wildman–Crippen MR) is 76.4 cm³/mol. The summed E-state index contributed by atoms with van der Waals surface area (Å²) in [5.74, 6) is 0.233. The maximum atomic E-state index is 11.9. The third-order valence-corrected chi connectivity index (χ3v) is 6.06. The van der Waals surface area contributed by atoms with Crippen molar-refractivity contribution in [3.05, 3.63) is 5.69 Å². The number of nitrogens with zero attached hydrogens (tertiary/aromatic N) is 3. The molecule has 0 saturated carbocycles. The summed E-state index contributed by atoms with van der Waals surface area (Å²) < 4.78 is 27.4. The Morgan fingerprint density at radius 1 is 1.35 bits per heavy atom. The van der Waals surface area contributed by atoms with E-state index in [-0.39, 0.29) is 22.0 Å². The largest absolute Gasteiger partial charge is 0.342 e. The van der Waals surface area contributed by atoms with Crippen LogP contribution in [0.5, 0.6) is 0 Å². The molecule has 1 saturated heterocycles.